The standard InChI is InChI=1S/C30H30FN3O/c31-23-12-10-22(11-13-23)18-29-27-8-4-5-9-28(27)30(35)34(32-29)26-19-24-14-15-25(20-26)33(24)17-16-21-6-2-1-3-7-21/h1-13,24-26H,14-20H2. The first-order valence-corrected chi connectivity index (χ1v) is 12.7. The molecule has 2 fully saturated rings. The lowest BCUT2D eigenvalue weighted by Crippen LogP contribution is -2.46. The van der Waals surface area contributed by atoms with Crippen LogP contribution < -0.4 is 5.56 Å². The average molecular weight is 468 g/mol. The first-order chi connectivity index (χ1) is 17.2. The Morgan fingerprint density at radius 1 is 0.771 bits per heavy atom. The summed E-state index contributed by atoms with van der Waals surface area (Å²) < 4.78 is 15.2. The van der Waals surface area contributed by atoms with Crippen LogP contribution in [0.1, 0.15) is 48.5 Å². The minimum Gasteiger partial charge on any atom is -0.297 e. The zero-order valence-electron chi connectivity index (χ0n) is 19.8. The number of benzene rings is 3. The first-order valence-electron chi connectivity index (χ1n) is 12.7. The molecule has 2 saturated heterocycles. The van der Waals surface area contributed by atoms with Crippen molar-refractivity contribution in [1.82, 2.24) is 14.7 Å². The molecule has 0 spiro atoms. The molecule has 178 valence electrons. The molecule has 0 amide bonds. The normalized spacial score (nSPS) is 22.0. The lowest BCUT2D eigenvalue weighted by atomic mass is 9.96. The fourth-order valence-corrected chi connectivity index (χ4v) is 6.16. The van der Waals surface area contributed by atoms with Gasteiger partial charge in [0, 0.05) is 30.4 Å². The summed E-state index contributed by atoms with van der Waals surface area (Å²) in [6, 6.07) is 26.1. The SMILES string of the molecule is O=c1c2ccccc2c(Cc2ccc(F)cc2)nn1C1CC2CCC(C1)N2CCc1ccccc1. The molecule has 1 aromatic heterocycles. The molecule has 0 radical (unpaired) electrons. The van der Waals surface area contributed by atoms with Crippen LogP contribution in [0.2, 0.25) is 0 Å². The van der Waals surface area contributed by atoms with E-state index in [2.05, 4.69) is 35.2 Å². The molecule has 5 heteroatoms. The van der Waals surface area contributed by atoms with Crippen molar-refractivity contribution in [2.24, 2.45) is 0 Å². The van der Waals surface area contributed by atoms with E-state index in [1.807, 2.05) is 24.3 Å². The maximum atomic E-state index is 13.5. The molecule has 4 nitrogen and oxygen atoms in total. The lowest BCUT2D eigenvalue weighted by molar-refractivity contribution is 0.102. The monoisotopic (exact) mass is 467 g/mol. The van der Waals surface area contributed by atoms with Gasteiger partial charge in [-0.2, -0.15) is 5.10 Å². The van der Waals surface area contributed by atoms with Gasteiger partial charge in [-0.15, -0.1) is 0 Å². The second kappa shape index (κ2) is 9.38. The van der Waals surface area contributed by atoms with Crippen LogP contribution >= 0.6 is 0 Å². The zero-order chi connectivity index (χ0) is 23.8. The van der Waals surface area contributed by atoms with Gasteiger partial charge < -0.3 is 0 Å². The fraction of sp³-hybridized carbons (Fsp3) is 0.333. The van der Waals surface area contributed by atoms with Gasteiger partial charge in [0.05, 0.1) is 17.1 Å². The number of hydrogen-bond acceptors (Lipinski definition) is 3. The Morgan fingerprint density at radius 3 is 2.14 bits per heavy atom. The van der Waals surface area contributed by atoms with Gasteiger partial charge >= 0.3 is 0 Å². The average Bonchev–Trinajstić information content (AvgIpc) is 3.13. The van der Waals surface area contributed by atoms with Crippen LogP contribution in [0.4, 0.5) is 4.39 Å². The molecule has 0 aliphatic carbocycles. The summed E-state index contributed by atoms with van der Waals surface area (Å²) in [6.45, 7) is 1.07. The van der Waals surface area contributed by atoms with Gasteiger partial charge in [-0.05, 0) is 61.4 Å². The van der Waals surface area contributed by atoms with Gasteiger partial charge in [0.2, 0.25) is 0 Å². The molecule has 2 atom stereocenters. The molecule has 2 aliphatic heterocycles. The molecule has 4 aromatic rings. The van der Waals surface area contributed by atoms with Gasteiger partial charge in [-0.25, -0.2) is 9.07 Å². The summed E-state index contributed by atoms with van der Waals surface area (Å²) in [5.74, 6) is -0.244. The van der Waals surface area contributed by atoms with Crippen molar-refractivity contribution >= 4 is 10.8 Å². The smallest absolute Gasteiger partial charge is 0.274 e. The summed E-state index contributed by atoms with van der Waals surface area (Å²) in [5.41, 5.74) is 3.26. The molecule has 3 aromatic carbocycles. The number of piperidine rings is 1. The lowest BCUT2D eigenvalue weighted by Gasteiger charge is -2.39. The molecule has 0 saturated carbocycles. The number of nitrogens with zero attached hydrogens (tertiary/aromatic N) is 3. The zero-order valence-corrected chi connectivity index (χ0v) is 19.8. The molecule has 2 unspecified atom stereocenters. The fourth-order valence-electron chi connectivity index (χ4n) is 6.16. The highest BCUT2D eigenvalue weighted by atomic mass is 19.1. The van der Waals surface area contributed by atoms with Crippen molar-refractivity contribution in [1.29, 1.82) is 0 Å². The predicted octanol–water partition coefficient (Wildman–Crippen LogP) is 5.54. The molecular formula is C30H30FN3O. The molecule has 0 N–H and O–H groups in total. The van der Waals surface area contributed by atoms with Crippen LogP contribution in [0.15, 0.2) is 83.7 Å². The summed E-state index contributed by atoms with van der Waals surface area (Å²) in [6.07, 6.45) is 5.96. The number of aromatic nitrogens is 2. The Kier molecular flexibility index (Phi) is 5.95. The summed E-state index contributed by atoms with van der Waals surface area (Å²) in [5, 5.41) is 6.56. The van der Waals surface area contributed by atoms with E-state index in [4.69, 9.17) is 5.10 Å². The Hall–Kier alpha value is -3.31. The van der Waals surface area contributed by atoms with E-state index in [1.54, 1.807) is 16.8 Å². The highest BCUT2D eigenvalue weighted by Gasteiger charge is 2.41. The third kappa shape index (κ3) is 4.41. The Morgan fingerprint density at radius 2 is 1.43 bits per heavy atom. The van der Waals surface area contributed by atoms with E-state index in [-0.39, 0.29) is 17.4 Å². The summed E-state index contributed by atoms with van der Waals surface area (Å²) in [7, 11) is 0. The van der Waals surface area contributed by atoms with Crippen LogP contribution in [-0.4, -0.2) is 33.3 Å². The molecule has 35 heavy (non-hydrogen) atoms. The minimum absolute atomic E-state index is 0.00518. The van der Waals surface area contributed by atoms with Crippen LogP contribution in [0.3, 0.4) is 0 Å². The highest BCUT2D eigenvalue weighted by molar-refractivity contribution is 5.83. The predicted molar refractivity (Wildman–Crippen MR) is 137 cm³/mol. The van der Waals surface area contributed by atoms with Crippen molar-refractivity contribution in [3.05, 3.63) is 112 Å². The van der Waals surface area contributed by atoms with Crippen molar-refractivity contribution in [3.63, 3.8) is 0 Å². The Labute approximate surface area is 205 Å². The molecule has 2 bridgehead atoms. The largest absolute Gasteiger partial charge is 0.297 e. The third-order valence-electron chi connectivity index (χ3n) is 7.90. The van der Waals surface area contributed by atoms with E-state index in [0.717, 1.165) is 47.8 Å². The van der Waals surface area contributed by atoms with E-state index in [0.29, 0.717) is 18.5 Å². The van der Waals surface area contributed by atoms with Crippen LogP contribution in [0, 0.1) is 5.82 Å². The molecular weight excluding hydrogens is 437 g/mol. The Balaban J connectivity index is 1.28. The van der Waals surface area contributed by atoms with Gasteiger partial charge in [-0.1, -0.05) is 60.7 Å². The molecule has 3 heterocycles. The van der Waals surface area contributed by atoms with Crippen molar-refractivity contribution in [2.75, 3.05) is 6.54 Å². The number of rotatable bonds is 6. The molecule has 6 rings (SSSR count). The van der Waals surface area contributed by atoms with E-state index in [9.17, 15) is 9.18 Å². The highest BCUT2D eigenvalue weighted by Crippen LogP contribution is 2.40. The van der Waals surface area contributed by atoms with Gasteiger partial charge in [0.25, 0.3) is 5.56 Å². The topological polar surface area (TPSA) is 38.1 Å². The second-order valence-electron chi connectivity index (χ2n) is 10.0. The quantitative estimate of drug-likeness (QED) is 0.374. The van der Waals surface area contributed by atoms with Crippen molar-refractivity contribution in [3.8, 4) is 0 Å². The van der Waals surface area contributed by atoms with Crippen molar-refractivity contribution in [2.45, 2.75) is 56.7 Å². The number of halogens is 1. The van der Waals surface area contributed by atoms with Crippen molar-refractivity contribution < 1.29 is 4.39 Å². The molecule has 2 aliphatic rings. The maximum absolute atomic E-state index is 13.5. The van der Waals surface area contributed by atoms with Gasteiger partial charge in [0.15, 0.2) is 0 Å². The van der Waals surface area contributed by atoms with Crippen LogP contribution in [0.25, 0.3) is 10.8 Å². The second-order valence-corrected chi connectivity index (χ2v) is 10.0. The van der Waals surface area contributed by atoms with E-state index < -0.39 is 0 Å². The third-order valence-corrected chi connectivity index (χ3v) is 7.90. The van der Waals surface area contributed by atoms with Gasteiger partial charge in [-0.3, -0.25) is 9.69 Å². The Bertz CT molecular complexity index is 1370. The number of fused-ring (bicyclic) bond motifs is 3. The van der Waals surface area contributed by atoms with Crippen LogP contribution in [0.5, 0.6) is 0 Å². The van der Waals surface area contributed by atoms with E-state index >= 15 is 0 Å². The van der Waals surface area contributed by atoms with E-state index in [1.165, 1.54) is 30.5 Å². The van der Waals surface area contributed by atoms with Crippen LogP contribution in [-0.2, 0) is 12.8 Å². The van der Waals surface area contributed by atoms with Gasteiger partial charge in [0.1, 0.15) is 5.82 Å². The number of hydrogen-bond donors (Lipinski definition) is 0. The summed E-state index contributed by atoms with van der Waals surface area (Å²) in [4.78, 5) is 16.2. The first kappa shape index (κ1) is 22.2. The minimum atomic E-state index is -0.244. The summed E-state index contributed by atoms with van der Waals surface area (Å²) >= 11 is 0. The maximum Gasteiger partial charge on any atom is 0.274 e.